The first kappa shape index (κ1) is 18.3. The van der Waals surface area contributed by atoms with Crippen LogP contribution in [0.1, 0.15) is 34.8 Å². The predicted octanol–water partition coefficient (Wildman–Crippen LogP) is 4.70. The standard InChI is InChI=1S/C23H19FN4O2/c1-30-21-9-5-3-7-18(21)27-23(29)15-12-19(14-10-11-14)26-22-16(15)13-25-28(22)20-8-4-2-6-17(20)24/h2-9,12-14H,10-11H2,1H3,(H,27,29). The van der Waals surface area contributed by atoms with Gasteiger partial charge in [-0.3, -0.25) is 4.79 Å². The van der Waals surface area contributed by atoms with Gasteiger partial charge in [0.25, 0.3) is 5.91 Å². The van der Waals surface area contributed by atoms with Crippen molar-refractivity contribution in [2.24, 2.45) is 0 Å². The lowest BCUT2D eigenvalue weighted by Gasteiger charge is -2.12. The first-order valence-electron chi connectivity index (χ1n) is 9.73. The van der Waals surface area contributed by atoms with Crippen molar-refractivity contribution in [1.29, 1.82) is 0 Å². The Morgan fingerprint density at radius 2 is 1.93 bits per heavy atom. The highest BCUT2D eigenvalue weighted by atomic mass is 19.1. The number of benzene rings is 2. The van der Waals surface area contributed by atoms with Crippen LogP contribution in [0.4, 0.5) is 10.1 Å². The average molecular weight is 402 g/mol. The van der Waals surface area contributed by atoms with Crippen molar-refractivity contribution in [3.63, 3.8) is 0 Å². The third-order valence-electron chi connectivity index (χ3n) is 5.24. The van der Waals surface area contributed by atoms with Crippen LogP contribution in [0.15, 0.2) is 60.8 Å². The highest BCUT2D eigenvalue weighted by molar-refractivity contribution is 6.12. The van der Waals surface area contributed by atoms with Crippen LogP contribution >= 0.6 is 0 Å². The minimum absolute atomic E-state index is 0.290. The molecule has 2 aromatic heterocycles. The van der Waals surface area contributed by atoms with Crippen LogP contribution in [0.5, 0.6) is 5.75 Å². The van der Waals surface area contributed by atoms with Gasteiger partial charge in [-0.2, -0.15) is 5.10 Å². The summed E-state index contributed by atoms with van der Waals surface area (Å²) < 4.78 is 21.2. The number of hydrogen-bond acceptors (Lipinski definition) is 4. The number of nitrogens with one attached hydrogen (secondary N) is 1. The van der Waals surface area contributed by atoms with E-state index in [0.717, 1.165) is 18.5 Å². The number of para-hydroxylation sites is 3. The molecule has 4 aromatic rings. The van der Waals surface area contributed by atoms with E-state index in [1.165, 1.54) is 10.7 Å². The molecule has 1 N–H and O–H groups in total. The molecule has 0 radical (unpaired) electrons. The van der Waals surface area contributed by atoms with E-state index in [9.17, 15) is 9.18 Å². The highest BCUT2D eigenvalue weighted by Gasteiger charge is 2.28. The molecule has 0 aliphatic heterocycles. The number of ether oxygens (including phenoxy) is 1. The SMILES string of the molecule is COc1ccccc1NC(=O)c1cc(C2CC2)nc2c1cnn2-c1ccccc1F. The minimum atomic E-state index is -0.402. The maximum atomic E-state index is 14.4. The first-order valence-corrected chi connectivity index (χ1v) is 9.73. The number of carbonyl (C=O) groups excluding carboxylic acids is 1. The Morgan fingerprint density at radius 3 is 2.70 bits per heavy atom. The number of nitrogens with zero attached hydrogens (tertiary/aromatic N) is 3. The Bertz CT molecular complexity index is 1260. The molecule has 30 heavy (non-hydrogen) atoms. The van der Waals surface area contributed by atoms with Gasteiger partial charge < -0.3 is 10.1 Å². The highest BCUT2D eigenvalue weighted by Crippen LogP contribution is 2.40. The van der Waals surface area contributed by atoms with E-state index < -0.39 is 5.82 Å². The van der Waals surface area contributed by atoms with E-state index in [2.05, 4.69) is 10.4 Å². The van der Waals surface area contributed by atoms with E-state index in [1.807, 2.05) is 18.2 Å². The molecule has 1 saturated carbocycles. The number of pyridine rings is 1. The zero-order valence-electron chi connectivity index (χ0n) is 16.3. The van der Waals surface area contributed by atoms with Gasteiger partial charge >= 0.3 is 0 Å². The third-order valence-corrected chi connectivity index (χ3v) is 5.24. The number of carbonyl (C=O) groups is 1. The summed E-state index contributed by atoms with van der Waals surface area (Å²) in [6.45, 7) is 0. The van der Waals surface area contributed by atoms with Crippen LogP contribution < -0.4 is 10.1 Å². The Hall–Kier alpha value is -3.74. The van der Waals surface area contributed by atoms with E-state index in [-0.39, 0.29) is 5.91 Å². The molecule has 2 heterocycles. The Kier molecular flexibility index (Phi) is 4.43. The number of amides is 1. The summed E-state index contributed by atoms with van der Waals surface area (Å²) in [6, 6.07) is 15.4. The lowest BCUT2D eigenvalue weighted by Crippen LogP contribution is -2.14. The first-order chi connectivity index (χ1) is 14.7. The Labute approximate surface area is 172 Å². The third kappa shape index (κ3) is 3.18. The number of rotatable bonds is 5. The maximum absolute atomic E-state index is 14.4. The molecular weight excluding hydrogens is 383 g/mol. The van der Waals surface area contributed by atoms with Gasteiger partial charge in [-0.05, 0) is 43.2 Å². The molecule has 1 fully saturated rings. The number of halogens is 1. The summed E-state index contributed by atoms with van der Waals surface area (Å²) in [4.78, 5) is 17.9. The fourth-order valence-corrected chi connectivity index (χ4v) is 3.53. The number of methoxy groups -OCH3 is 1. The zero-order chi connectivity index (χ0) is 20.7. The molecule has 1 amide bonds. The molecule has 150 valence electrons. The number of fused-ring (bicyclic) bond motifs is 1. The predicted molar refractivity (Wildman–Crippen MR) is 112 cm³/mol. The van der Waals surface area contributed by atoms with Gasteiger partial charge in [0.1, 0.15) is 17.3 Å². The Morgan fingerprint density at radius 1 is 1.17 bits per heavy atom. The van der Waals surface area contributed by atoms with Crippen molar-refractivity contribution in [2.45, 2.75) is 18.8 Å². The van der Waals surface area contributed by atoms with Crippen molar-refractivity contribution in [1.82, 2.24) is 14.8 Å². The quantitative estimate of drug-likeness (QED) is 0.525. The number of hydrogen-bond donors (Lipinski definition) is 1. The van der Waals surface area contributed by atoms with Crippen molar-refractivity contribution >= 4 is 22.6 Å². The van der Waals surface area contributed by atoms with Crippen LogP contribution in [-0.2, 0) is 0 Å². The summed E-state index contributed by atoms with van der Waals surface area (Å²) >= 11 is 0. The fraction of sp³-hybridized carbons (Fsp3) is 0.174. The van der Waals surface area contributed by atoms with Crippen molar-refractivity contribution in [3.05, 3.63) is 77.9 Å². The maximum Gasteiger partial charge on any atom is 0.256 e. The van der Waals surface area contributed by atoms with Crippen LogP contribution in [0, 0.1) is 5.82 Å². The van der Waals surface area contributed by atoms with E-state index >= 15 is 0 Å². The molecule has 0 atom stereocenters. The summed E-state index contributed by atoms with van der Waals surface area (Å²) in [5.74, 6) is 0.194. The van der Waals surface area contributed by atoms with Gasteiger partial charge in [-0.25, -0.2) is 14.1 Å². The summed E-state index contributed by atoms with van der Waals surface area (Å²) in [7, 11) is 1.55. The van der Waals surface area contributed by atoms with Crippen molar-refractivity contribution in [2.75, 3.05) is 12.4 Å². The van der Waals surface area contributed by atoms with Crippen LogP contribution in [0.2, 0.25) is 0 Å². The van der Waals surface area contributed by atoms with E-state index in [1.54, 1.807) is 43.6 Å². The molecule has 0 unspecified atom stereocenters. The number of aromatic nitrogens is 3. The van der Waals surface area contributed by atoms with Crippen LogP contribution in [0.3, 0.4) is 0 Å². The smallest absolute Gasteiger partial charge is 0.256 e. The summed E-state index contributed by atoms with van der Waals surface area (Å²) in [6.07, 6.45) is 3.61. The summed E-state index contributed by atoms with van der Waals surface area (Å²) in [5.41, 5.74) is 2.62. The molecular formula is C23H19FN4O2. The Balaban J connectivity index is 1.63. The lowest BCUT2D eigenvalue weighted by atomic mass is 10.1. The van der Waals surface area contributed by atoms with Crippen molar-refractivity contribution < 1.29 is 13.9 Å². The summed E-state index contributed by atoms with van der Waals surface area (Å²) in [5, 5.41) is 7.82. The second-order valence-electron chi connectivity index (χ2n) is 7.27. The van der Waals surface area contributed by atoms with E-state index in [4.69, 9.17) is 9.72 Å². The molecule has 5 rings (SSSR count). The fourth-order valence-electron chi connectivity index (χ4n) is 3.53. The second kappa shape index (κ2) is 7.26. The molecule has 0 bridgehead atoms. The van der Waals surface area contributed by atoms with Crippen molar-refractivity contribution in [3.8, 4) is 11.4 Å². The van der Waals surface area contributed by atoms with Gasteiger partial charge in [0, 0.05) is 11.6 Å². The molecule has 1 aliphatic rings. The molecule has 2 aromatic carbocycles. The number of anilines is 1. The van der Waals surface area contributed by atoms with Crippen LogP contribution in [0.25, 0.3) is 16.7 Å². The average Bonchev–Trinajstić information content (AvgIpc) is 3.53. The van der Waals surface area contributed by atoms with Gasteiger partial charge in [0.05, 0.1) is 29.9 Å². The molecule has 7 heteroatoms. The molecule has 6 nitrogen and oxygen atoms in total. The monoisotopic (exact) mass is 402 g/mol. The van der Waals surface area contributed by atoms with Gasteiger partial charge in [-0.15, -0.1) is 0 Å². The van der Waals surface area contributed by atoms with E-state index in [0.29, 0.717) is 39.6 Å². The minimum Gasteiger partial charge on any atom is -0.495 e. The topological polar surface area (TPSA) is 69.0 Å². The lowest BCUT2D eigenvalue weighted by molar-refractivity contribution is 0.102. The largest absolute Gasteiger partial charge is 0.495 e. The normalized spacial score (nSPS) is 13.4. The second-order valence-corrected chi connectivity index (χ2v) is 7.27. The van der Waals surface area contributed by atoms with Gasteiger partial charge in [0.2, 0.25) is 0 Å². The van der Waals surface area contributed by atoms with Crippen LogP contribution in [-0.4, -0.2) is 27.8 Å². The van der Waals surface area contributed by atoms with Gasteiger partial charge in [-0.1, -0.05) is 24.3 Å². The molecule has 1 aliphatic carbocycles. The van der Waals surface area contributed by atoms with Gasteiger partial charge in [0.15, 0.2) is 5.65 Å². The zero-order valence-corrected chi connectivity index (χ0v) is 16.3. The molecule has 0 spiro atoms. The molecule has 0 saturated heterocycles.